The second kappa shape index (κ2) is 3.87. The molecule has 0 spiro atoms. The molecule has 0 bridgehead atoms. The Balaban J connectivity index is 2.77. The third kappa shape index (κ3) is 1.42. The molecule has 0 radical (unpaired) electrons. The maximum absolute atomic E-state index is 13.7. The number of hydrogen-bond acceptors (Lipinski definition) is 2. The Morgan fingerprint density at radius 2 is 2.29 bits per heavy atom. The molecule has 0 aliphatic rings. The molecule has 0 atom stereocenters. The van der Waals surface area contributed by atoms with Crippen molar-refractivity contribution in [3.63, 3.8) is 0 Å². The van der Waals surface area contributed by atoms with Crippen molar-refractivity contribution in [3.05, 3.63) is 28.9 Å². The number of methoxy groups -OCH3 is 1. The van der Waals surface area contributed by atoms with Gasteiger partial charge in [-0.1, -0.05) is 28.1 Å². The molecule has 2 aromatic rings. The van der Waals surface area contributed by atoms with Gasteiger partial charge in [0.1, 0.15) is 11.6 Å². The maximum Gasteiger partial charge on any atom is 0.145 e. The lowest BCUT2D eigenvalue weighted by molar-refractivity contribution is 0.420. The van der Waals surface area contributed by atoms with Crippen molar-refractivity contribution in [2.24, 2.45) is 0 Å². The monoisotopic (exact) mass is 274 g/mol. The fourth-order valence-electron chi connectivity index (χ4n) is 1.36. The van der Waals surface area contributed by atoms with Gasteiger partial charge in [0.05, 0.1) is 16.7 Å². The molecule has 4 heteroatoms. The molecule has 74 valence electrons. The lowest BCUT2D eigenvalue weighted by Gasteiger charge is -1.99. The summed E-state index contributed by atoms with van der Waals surface area (Å²) in [7, 11) is 1.60. The first kappa shape index (κ1) is 9.93. The Kier molecular flexibility index (Phi) is 2.74. The van der Waals surface area contributed by atoms with E-state index >= 15 is 0 Å². The van der Waals surface area contributed by atoms with Crippen molar-refractivity contribution in [3.8, 4) is 5.75 Å². The van der Waals surface area contributed by atoms with Gasteiger partial charge in [0, 0.05) is 10.7 Å². The molecule has 2 rings (SSSR count). The van der Waals surface area contributed by atoms with Gasteiger partial charge in [-0.15, -0.1) is 11.3 Å². The van der Waals surface area contributed by atoms with E-state index in [9.17, 15) is 4.39 Å². The number of fused-ring (bicyclic) bond motifs is 1. The Morgan fingerprint density at radius 3 is 2.93 bits per heavy atom. The third-order valence-corrected chi connectivity index (χ3v) is 4.15. The summed E-state index contributed by atoms with van der Waals surface area (Å²) in [6.45, 7) is 0. The summed E-state index contributed by atoms with van der Waals surface area (Å²) in [5.74, 6) is 0.597. The quantitative estimate of drug-likeness (QED) is 0.754. The highest BCUT2D eigenvalue weighted by atomic mass is 79.9. The number of hydrogen-bond donors (Lipinski definition) is 0. The van der Waals surface area contributed by atoms with Gasteiger partial charge in [-0.2, -0.15) is 0 Å². The SMILES string of the molecule is COc1cccc2c(F)c(CBr)sc12. The molecule has 0 unspecified atom stereocenters. The van der Waals surface area contributed by atoms with Crippen molar-refractivity contribution in [2.45, 2.75) is 5.33 Å². The first-order valence-electron chi connectivity index (χ1n) is 4.07. The molecule has 0 aliphatic heterocycles. The minimum Gasteiger partial charge on any atom is -0.495 e. The van der Waals surface area contributed by atoms with Crippen molar-refractivity contribution in [1.29, 1.82) is 0 Å². The molecule has 0 amide bonds. The van der Waals surface area contributed by atoms with E-state index in [0.717, 1.165) is 10.4 Å². The first-order chi connectivity index (χ1) is 6.77. The number of alkyl halides is 1. The van der Waals surface area contributed by atoms with Crippen LogP contribution < -0.4 is 4.74 Å². The Labute approximate surface area is 93.6 Å². The molecule has 0 saturated heterocycles. The van der Waals surface area contributed by atoms with Crippen LogP contribution in [0.4, 0.5) is 4.39 Å². The van der Waals surface area contributed by atoms with Gasteiger partial charge in [-0.25, -0.2) is 4.39 Å². The summed E-state index contributed by atoms with van der Waals surface area (Å²) < 4.78 is 19.7. The number of halogens is 2. The number of rotatable bonds is 2. The second-order valence-corrected chi connectivity index (χ2v) is 4.48. The second-order valence-electron chi connectivity index (χ2n) is 2.81. The summed E-state index contributed by atoms with van der Waals surface area (Å²) in [6, 6.07) is 5.42. The van der Waals surface area contributed by atoms with E-state index in [4.69, 9.17) is 4.74 Å². The highest BCUT2D eigenvalue weighted by Crippen LogP contribution is 2.37. The van der Waals surface area contributed by atoms with Crippen molar-refractivity contribution in [2.75, 3.05) is 7.11 Å². The fourth-order valence-corrected chi connectivity index (χ4v) is 2.97. The van der Waals surface area contributed by atoms with Gasteiger partial charge in [-0.3, -0.25) is 0 Å². The number of thiophene rings is 1. The van der Waals surface area contributed by atoms with E-state index in [-0.39, 0.29) is 5.82 Å². The molecular formula is C10H8BrFOS. The minimum absolute atomic E-state index is 0.138. The van der Waals surface area contributed by atoms with E-state index in [1.807, 2.05) is 6.07 Å². The Morgan fingerprint density at radius 1 is 1.50 bits per heavy atom. The predicted molar refractivity (Wildman–Crippen MR) is 61.0 cm³/mol. The zero-order valence-corrected chi connectivity index (χ0v) is 9.91. The molecule has 1 aromatic carbocycles. The molecule has 0 aliphatic carbocycles. The first-order valence-corrected chi connectivity index (χ1v) is 6.01. The zero-order valence-electron chi connectivity index (χ0n) is 7.51. The van der Waals surface area contributed by atoms with Crippen LogP contribution in [0.3, 0.4) is 0 Å². The molecule has 1 aromatic heterocycles. The summed E-state index contributed by atoms with van der Waals surface area (Å²) in [6.07, 6.45) is 0. The summed E-state index contributed by atoms with van der Waals surface area (Å²) in [5, 5.41) is 1.19. The molecule has 1 nitrogen and oxygen atoms in total. The standard InChI is InChI=1S/C10H8BrFOS/c1-13-7-4-2-3-6-9(12)8(5-11)14-10(6)7/h2-4H,5H2,1H3. The average Bonchev–Trinajstić information content (AvgIpc) is 2.55. The fraction of sp³-hybridized carbons (Fsp3) is 0.200. The summed E-state index contributed by atoms with van der Waals surface area (Å²) in [4.78, 5) is 0.713. The highest BCUT2D eigenvalue weighted by Gasteiger charge is 2.13. The number of benzene rings is 1. The molecule has 0 saturated carbocycles. The topological polar surface area (TPSA) is 9.23 Å². The molecule has 0 N–H and O–H groups in total. The van der Waals surface area contributed by atoms with Gasteiger partial charge < -0.3 is 4.74 Å². The van der Waals surface area contributed by atoms with Crippen molar-refractivity contribution >= 4 is 37.4 Å². The van der Waals surface area contributed by atoms with Crippen LogP contribution in [0.5, 0.6) is 5.75 Å². The lowest BCUT2D eigenvalue weighted by atomic mass is 10.2. The molecule has 1 heterocycles. The van der Waals surface area contributed by atoms with E-state index in [1.54, 1.807) is 19.2 Å². The zero-order chi connectivity index (χ0) is 10.1. The minimum atomic E-state index is -0.138. The van der Waals surface area contributed by atoms with E-state index in [0.29, 0.717) is 15.6 Å². The van der Waals surface area contributed by atoms with Gasteiger partial charge in [0.15, 0.2) is 0 Å². The van der Waals surface area contributed by atoms with Crippen LogP contribution >= 0.6 is 27.3 Å². The molecular weight excluding hydrogens is 267 g/mol. The average molecular weight is 275 g/mol. The largest absolute Gasteiger partial charge is 0.495 e. The van der Waals surface area contributed by atoms with Crippen LogP contribution in [0.15, 0.2) is 18.2 Å². The van der Waals surface area contributed by atoms with Crippen molar-refractivity contribution in [1.82, 2.24) is 0 Å². The van der Waals surface area contributed by atoms with Crippen LogP contribution in [0.25, 0.3) is 10.1 Å². The predicted octanol–water partition coefficient (Wildman–Crippen LogP) is 3.94. The molecule has 14 heavy (non-hydrogen) atoms. The normalized spacial score (nSPS) is 10.8. The van der Waals surface area contributed by atoms with Gasteiger partial charge >= 0.3 is 0 Å². The van der Waals surface area contributed by atoms with E-state index in [1.165, 1.54) is 11.3 Å². The molecule has 0 fully saturated rings. The van der Waals surface area contributed by atoms with Crippen LogP contribution in [0.2, 0.25) is 0 Å². The van der Waals surface area contributed by atoms with Crippen LogP contribution in [0, 0.1) is 5.82 Å². The van der Waals surface area contributed by atoms with Gasteiger partial charge in [-0.05, 0) is 6.07 Å². The smallest absolute Gasteiger partial charge is 0.145 e. The maximum atomic E-state index is 13.7. The van der Waals surface area contributed by atoms with Crippen LogP contribution in [-0.4, -0.2) is 7.11 Å². The van der Waals surface area contributed by atoms with Crippen LogP contribution in [-0.2, 0) is 5.33 Å². The van der Waals surface area contributed by atoms with Gasteiger partial charge in [0.2, 0.25) is 0 Å². The summed E-state index contributed by atoms with van der Waals surface area (Å²) >= 11 is 4.69. The van der Waals surface area contributed by atoms with Crippen LogP contribution in [0.1, 0.15) is 4.88 Å². The third-order valence-electron chi connectivity index (χ3n) is 2.03. The Bertz CT molecular complexity index is 466. The van der Waals surface area contributed by atoms with Crippen molar-refractivity contribution < 1.29 is 9.13 Å². The van der Waals surface area contributed by atoms with Gasteiger partial charge in [0.25, 0.3) is 0 Å². The number of ether oxygens (including phenoxy) is 1. The summed E-state index contributed by atoms with van der Waals surface area (Å²) in [5.41, 5.74) is 0. The van der Waals surface area contributed by atoms with E-state index < -0.39 is 0 Å². The Hall–Kier alpha value is -0.610. The lowest BCUT2D eigenvalue weighted by Crippen LogP contribution is -1.81. The highest BCUT2D eigenvalue weighted by molar-refractivity contribution is 9.08. The van der Waals surface area contributed by atoms with E-state index in [2.05, 4.69) is 15.9 Å².